The third-order valence-electron chi connectivity index (χ3n) is 4.69. The maximum Gasteiger partial charge on any atom is 0.335 e. The van der Waals surface area contributed by atoms with Gasteiger partial charge in [0.25, 0.3) is 0 Å². The number of pyridine rings is 1. The molecule has 0 unspecified atom stereocenters. The van der Waals surface area contributed by atoms with Crippen molar-refractivity contribution in [2.45, 2.75) is 20.3 Å². The second kappa shape index (κ2) is 6.72. The van der Waals surface area contributed by atoms with Gasteiger partial charge in [-0.3, -0.25) is 0 Å². The minimum atomic E-state index is -0.904. The number of fused-ring (bicyclic) bond motifs is 1. The average Bonchev–Trinajstić information content (AvgIpc) is 2.99. The number of hydrogen-bond acceptors (Lipinski definition) is 2. The molecule has 0 bridgehead atoms. The summed E-state index contributed by atoms with van der Waals surface area (Å²) in [6.45, 7) is 3.97. The van der Waals surface area contributed by atoms with Crippen LogP contribution in [0.25, 0.3) is 16.8 Å². The number of nitrogens with zero attached hydrogens (tertiary/aromatic N) is 2. The highest BCUT2D eigenvalue weighted by Gasteiger charge is 2.16. The number of rotatable bonds is 4. The summed E-state index contributed by atoms with van der Waals surface area (Å²) in [4.78, 5) is 11.4. The van der Waals surface area contributed by atoms with Crippen molar-refractivity contribution in [2.24, 2.45) is 0 Å². The Kier molecular flexibility index (Phi) is 4.24. The van der Waals surface area contributed by atoms with Gasteiger partial charge >= 0.3 is 5.97 Å². The van der Waals surface area contributed by atoms with Crippen molar-refractivity contribution < 1.29 is 9.90 Å². The summed E-state index contributed by atoms with van der Waals surface area (Å²) in [7, 11) is 0. The van der Waals surface area contributed by atoms with Gasteiger partial charge in [0.1, 0.15) is 0 Å². The Hall–Kier alpha value is -3.40. The monoisotopic (exact) mass is 356 g/mol. The first-order valence-electron chi connectivity index (χ1n) is 8.88. The van der Waals surface area contributed by atoms with E-state index in [9.17, 15) is 9.90 Å². The molecule has 4 aromatic rings. The number of benzene rings is 2. The molecule has 1 N–H and O–H groups in total. The van der Waals surface area contributed by atoms with Crippen molar-refractivity contribution in [1.82, 2.24) is 9.61 Å². The fourth-order valence-electron chi connectivity index (χ4n) is 3.50. The quantitative estimate of drug-likeness (QED) is 0.565. The molecule has 2 aromatic carbocycles. The van der Waals surface area contributed by atoms with Crippen LogP contribution in [0.4, 0.5) is 0 Å². The lowest BCUT2D eigenvalue weighted by molar-refractivity contribution is 0.0696. The predicted molar refractivity (Wildman–Crippen MR) is 106 cm³/mol. The molecule has 27 heavy (non-hydrogen) atoms. The molecule has 2 aromatic heterocycles. The minimum absolute atomic E-state index is 0.318. The molecular weight excluding hydrogens is 336 g/mol. The number of aromatic nitrogens is 2. The Labute approximate surface area is 157 Å². The highest BCUT2D eigenvalue weighted by atomic mass is 16.4. The van der Waals surface area contributed by atoms with Crippen molar-refractivity contribution in [3.8, 4) is 11.3 Å². The summed E-state index contributed by atoms with van der Waals surface area (Å²) in [5, 5.41) is 14.2. The van der Waals surface area contributed by atoms with Gasteiger partial charge in [-0.2, -0.15) is 5.10 Å². The van der Waals surface area contributed by atoms with Gasteiger partial charge in [0.15, 0.2) is 0 Å². The van der Waals surface area contributed by atoms with Crippen LogP contribution in [0.1, 0.15) is 32.6 Å². The summed E-state index contributed by atoms with van der Waals surface area (Å²) in [6.07, 6.45) is 2.64. The Morgan fingerprint density at radius 1 is 1.00 bits per heavy atom. The van der Waals surface area contributed by atoms with E-state index in [2.05, 4.69) is 24.3 Å². The van der Waals surface area contributed by atoms with Crippen molar-refractivity contribution in [3.05, 3.63) is 94.7 Å². The van der Waals surface area contributed by atoms with E-state index >= 15 is 0 Å². The molecular formula is C23H20N2O2. The van der Waals surface area contributed by atoms with E-state index in [4.69, 9.17) is 5.10 Å². The van der Waals surface area contributed by atoms with E-state index < -0.39 is 5.97 Å². The van der Waals surface area contributed by atoms with Gasteiger partial charge < -0.3 is 5.11 Å². The van der Waals surface area contributed by atoms with Crippen LogP contribution in [0.2, 0.25) is 0 Å². The predicted octanol–water partition coefficient (Wildman–Crippen LogP) is 4.91. The van der Waals surface area contributed by atoms with Crippen LogP contribution in [0.5, 0.6) is 0 Å². The van der Waals surface area contributed by atoms with Gasteiger partial charge in [0, 0.05) is 23.7 Å². The number of carboxylic acid groups (broad SMARTS) is 1. The summed E-state index contributed by atoms with van der Waals surface area (Å²) >= 11 is 0. The molecule has 0 aliphatic carbocycles. The normalized spacial score (nSPS) is 11.0. The number of carbonyl (C=O) groups is 1. The van der Waals surface area contributed by atoms with Crippen LogP contribution in [0.3, 0.4) is 0 Å². The fourth-order valence-corrected chi connectivity index (χ4v) is 3.50. The van der Waals surface area contributed by atoms with Crippen molar-refractivity contribution in [3.63, 3.8) is 0 Å². The average molecular weight is 356 g/mol. The minimum Gasteiger partial charge on any atom is -0.478 e. The van der Waals surface area contributed by atoms with Crippen LogP contribution in [-0.2, 0) is 6.42 Å². The molecule has 4 heteroatoms. The molecule has 0 atom stereocenters. The van der Waals surface area contributed by atoms with Crippen LogP contribution in [-0.4, -0.2) is 20.7 Å². The first-order valence-corrected chi connectivity index (χ1v) is 8.88. The summed E-state index contributed by atoms with van der Waals surface area (Å²) in [5.74, 6) is -0.904. The van der Waals surface area contributed by atoms with Gasteiger partial charge in [-0.15, -0.1) is 0 Å². The Morgan fingerprint density at radius 3 is 2.52 bits per heavy atom. The van der Waals surface area contributed by atoms with Gasteiger partial charge in [-0.1, -0.05) is 42.5 Å². The zero-order chi connectivity index (χ0) is 19.0. The molecule has 0 aliphatic heterocycles. The highest BCUT2D eigenvalue weighted by Crippen LogP contribution is 2.29. The lowest BCUT2D eigenvalue weighted by Crippen LogP contribution is -2.00. The van der Waals surface area contributed by atoms with Crippen LogP contribution in [0, 0.1) is 13.8 Å². The van der Waals surface area contributed by atoms with Crippen molar-refractivity contribution in [1.29, 1.82) is 0 Å². The third-order valence-corrected chi connectivity index (χ3v) is 4.69. The summed E-state index contributed by atoms with van der Waals surface area (Å²) in [6, 6.07) is 19.8. The Bertz CT molecular complexity index is 1140. The van der Waals surface area contributed by atoms with E-state index in [1.165, 1.54) is 0 Å². The van der Waals surface area contributed by atoms with Crippen LogP contribution in [0.15, 0.2) is 66.9 Å². The van der Waals surface area contributed by atoms with E-state index in [1.54, 1.807) is 12.1 Å². The van der Waals surface area contributed by atoms with Gasteiger partial charge in [-0.25, -0.2) is 9.31 Å². The lowest BCUT2D eigenvalue weighted by Gasteiger charge is -2.07. The molecule has 0 aliphatic rings. The first kappa shape index (κ1) is 17.0. The number of carboxylic acids is 1. The second-order valence-corrected chi connectivity index (χ2v) is 6.92. The fraction of sp³-hybridized carbons (Fsp3) is 0.130. The SMILES string of the molecule is Cc1cc(Cc2c(-c3ccccc3)nn3cc(C)ccc23)cc(C(=O)O)c1. The maximum atomic E-state index is 11.4. The first-order chi connectivity index (χ1) is 13.0. The second-order valence-electron chi connectivity index (χ2n) is 6.92. The van der Waals surface area contributed by atoms with Crippen molar-refractivity contribution >= 4 is 11.5 Å². The Balaban J connectivity index is 1.89. The topological polar surface area (TPSA) is 54.6 Å². The number of hydrogen-bond donors (Lipinski definition) is 1. The molecule has 134 valence electrons. The van der Waals surface area contributed by atoms with Crippen LogP contribution < -0.4 is 0 Å². The maximum absolute atomic E-state index is 11.4. The molecule has 0 spiro atoms. The standard InChI is InChI=1S/C23H20N2O2/c1-15-8-9-21-20(13-17-10-16(2)11-19(12-17)23(26)27)22(24-25(21)14-15)18-6-4-3-5-7-18/h3-12,14H,13H2,1-2H3,(H,26,27). The molecule has 4 rings (SSSR count). The molecule has 0 saturated carbocycles. The lowest BCUT2D eigenvalue weighted by atomic mass is 9.97. The Morgan fingerprint density at radius 2 is 1.78 bits per heavy atom. The highest BCUT2D eigenvalue weighted by molar-refractivity contribution is 5.88. The molecule has 0 amide bonds. The molecule has 0 radical (unpaired) electrons. The van der Waals surface area contributed by atoms with Crippen LogP contribution >= 0.6 is 0 Å². The van der Waals surface area contributed by atoms with E-state index in [0.29, 0.717) is 12.0 Å². The van der Waals surface area contributed by atoms with E-state index in [-0.39, 0.29) is 0 Å². The largest absolute Gasteiger partial charge is 0.478 e. The smallest absolute Gasteiger partial charge is 0.335 e. The molecule has 4 nitrogen and oxygen atoms in total. The number of aromatic carboxylic acids is 1. The van der Waals surface area contributed by atoms with E-state index in [0.717, 1.165) is 39.0 Å². The van der Waals surface area contributed by atoms with Crippen molar-refractivity contribution in [2.75, 3.05) is 0 Å². The van der Waals surface area contributed by atoms with Gasteiger partial charge in [-0.05, 0) is 48.7 Å². The molecule has 2 heterocycles. The molecule has 0 saturated heterocycles. The number of aryl methyl sites for hydroxylation is 2. The zero-order valence-corrected chi connectivity index (χ0v) is 15.3. The van der Waals surface area contributed by atoms with Gasteiger partial charge in [0.2, 0.25) is 0 Å². The molecule has 0 fully saturated rings. The zero-order valence-electron chi connectivity index (χ0n) is 15.3. The third kappa shape index (κ3) is 3.34. The van der Waals surface area contributed by atoms with E-state index in [1.807, 2.05) is 48.8 Å². The van der Waals surface area contributed by atoms with Gasteiger partial charge in [0.05, 0.1) is 16.8 Å². The summed E-state index contributed by atoms with van der Waals surface area (Å²) in [5.41, 5.74) is 7.50. The summed E-state index contributed by atoms with van der Waals surface area (Å²) < 4.78 is 1.92.